The molecule has 0 saturated carbocycles. The number of aliphatic imine (C=N–C) groups is 1. The van der Waals surface area contributed by atoms with Gasteiger partial charge in [0.1, 0.15) is 0 Å². The van der Waals surface area contributed by atoms with Gasteiger partial charge in [-0.1, -0.05) is 13.8 Å². The maximum Gasteiger partial charge on any atom is 0.194 e. The van der Waals surface area contributed by atoms with Gasteiger partial charge in [-0.15, -0.1) is 24.0 Å². The molecule has 20 heavy (non-hydrogen) atoms. The highest BCUT2D eigenvalue weighted by atomic mass is 127. The molecule has 0 spiro atoms. The van der Waals surface area contributed by atoms with Gasteiger partial charge in [-0.25, -0.2) is 0 Å². The van der Waals surface area contributed by atoms with E-state index in [1.807, 2.05) is 0 Å². The summed E-state index contributed by atoms with van der Waals surface area (Å²) in [6, 6.07) is 0. The van der Waals surface area contributed by atoms with Crippen LogP contribution in [0.3, 0.4) is 0 Å². The monoisotopic (exact) mass is 414 g/mol. The standard InChI is InChI=1S/C14H30N4S.HI/c1-5-13-12-18(10-11-19-13)14(15-6-2)16-8-9-17(4)7-3;/h13H,5-12H2,1-4H3,(H,15,16);1H. The highest BCUT2D eigenvalue weighted by Gasteiger charge is 2.21. The number of guanidine groups is 1. The molecule has 6 heteroatoms. The summed E-state index contributed by atoms with van der Waals surface area (Å²) in [6.07, 6.45) is 1.25. The number of hydrogen-bond donors (Lipinski definition) is 1. The Morgan fingerprint density at radius 1 is 1.40 bits per heavy atom. The summed E-state index contributed by atoms with van der Waals surface area (Å²) < 4.78 is 0. The third-order valence-electron chi connectivity index (χ3n) is 3.51. The zero-order valence-corrected chi connectivity index (χ0v) is 16.5. The predicted molar refractivity (Wildman–Crippen MR) is 103 cm³/mol. The van der Waals surface area contributed by atoms with Gasteiger partial charge in [0.05, 0.1) is 6.54 Å². The van der Waals surface area contributed by atoms with Crippen molar-refractivity contribution in [2.24, 2.45) is 4.99 Å². The second kappa shape index (κ2) is 11.9. The SMILES string of the molecule is CCNC(=NCCN(C)CC)N1CCSC(CC)C1.I. The second-order valence-corrected chi connectivity index (χ2v) is 6.39. The van der Waals surface area contributed by atoms with E-state index in [-0.39, 0.29) is 24.0 Å². The summed E-state index contributed by atoms with van der Waals surface area (Å²) in [4.78, 5) is 9.50. The van der Waals surface area contributed by atoms with E-state index in [2.05, 4.69) is 54.7 Å². The number of hydrogen-bond acceptors (Lipinski definition) is 3. The van der Waals surface area contributed by atoms with Gasteiger partial charge in [-0.2, -0.15) is 11.8 Å². The molecule has 0 aliphatic carbocycles. The molecule has 0 radical (unpaired) electrons. The molecule has 0 bridgehead atoms. The number of nitrogens with zero attached hydrogens (tertiary/aromatic N) is 3. The first-order valence-corrected chi connectivity index (χ1v) is 8.59. The molecule has 1 saturated heterocycles. The number of likely N-dealkylation sites (N-methyl/N-ethyl adjacent to an activating group) is 1. The average molecular weight is 414 g/mol. The van der Waals surface area contributed by atoms with Crippen LogP contribution in [0, 0.1) is 0 Å². The number of nitrogens with one attached hydrogen (secondary N) is 1. The highest BCUT2D eigenvalue weighted by Crippen LogP contribution is 2.20. The van der Waals surface area contributed by atoms with E-state index in [1.165, 1.54) is 12.2 Å². The molecular formula is C14H31IN4S. The largest absolute Gasteiger partial charge is 0.357 e. The Morgan fingerprint density at radius 2 is 2.15 bits per heavy atom. The van der Waals surface area contributed by atoms with Crippen molar-refractivity contribution in [3.63, 3.8) is 0 Å². The van der Waals surface area contributed by atoms with Crippen LogP contribution in [0.4, 0.5) is 0 Å². The molecule has 1 unspecified atom stereocenters. The summed E-state index contributed by atoms with van der Waals surface area (Å²) in [5.74, 6) is 2.32. The van der Waals surface area contributed by atoms with Crippen LogP contribution < -0.4 is 5.32 Å². The van der Waals surface area contributed by atoms with Crippen molar-refractivity contribution in [1.29, 1.82) is 0 Å². The van der Waals surface area contributed by atoms with Gasteiger partial charge in [-0.3, -0.25) is 4.99 Å². The van der Waals surface area contributed by atoms with Crippen LogP contribution >= 0.6 is 35.7 Å². The van der Waals surface area contributed by atoms with E-state index in [1.54, 1.807) is 0 Å². The normalized spacial score (nSPS) is 19.9. The van der Waals surface area contributed by atoms with Gasteiger partial charge in [0, 0.05) is 37.2 Å². The first kappa shape index (κ1) is 20.3. The van der Waals surface area contributed by atoms with Crippen molar-refractivity contribution >= 4 is 41.7 Å². The quantitative estimate of drug-likeness (QED) is 0.411. The van der Waals surface area contributed by atoms with Gasteiger partial charge < -0.3 is 15.1 Å². The first-order chi connectivity index (χ1) is 9.21. The molecular weight excluding hydrogens is 383 g/mol. The van der Waals surface area contributed by atoms with Crippen LogP contribution in [0.15, 0.2) is 4.99 Å². The lowest BCUT2D eigenvalue weighted by molar-refractivity contribution is 0.360. The number of rotatable bonds is 6. The molecule has 0 aromatic heterocycles. The molecule has 1 rings (SSSR count). The van der Waals surface area contributed by atoms with Crippen molar-refractivity contribution in [3.05, 3.63) is 0 Å². The Hall–Kier alpha value is 0.310. The van der Waals surface area contributed by atoms with Crippen molar-refractivity contribution in [2.75, 3.05) is 52.1 Å². The number of halogens is 1. The highest BCUT2D eigenvalue weighted by molar-refractivity contribution is 14.0. The van der Waals surface area contributed by atoms with Crippen molar-refractivity contribution in [2.45, 2.75) is 32.4 Å². The molecule has 1 atom stereocenters. The first-order valence-electron chi connectivity index (χ1n) is 7.54. The van der Waals surface area contributed by atoms with Gasteiger partial charge in [0.15, 0.2) is 5.96 Å². The predicted octanol–water partition coefficient (Wildman–Crippen LogP) is 2.35. The maximum atomic E-state index is 4.77. The average Bonchev–Trinajstić information content (AvgIpc) is 2.46. The fourth-order valence-electron chi connectivity index (χ4n) is 2.07. The molecule has 1 aliphatic heterocycles. The Bertz CT molecular complexity index is 276. The third-order valence-corrected chi connectivity index (χ3v) is 4.88. The van der Waals surface area contributed by atoms with E-state index in [0.29, 0.717) is 0 Å². The third kappa shape index (κ3) is 7.36. The van der Waals surface area contributed by atoms with Crippen LogP contribution in [-0.2, 0) is 0 Å². The van der Waals surface area contributed by atoms with E-state index in [0.717, 1.165) is 50.5 Å². The molecule has 0 aromatic rings. The zero-order valence-electron chi connectivity index (χ0n) is 13.4. The lowest BCUT2D eigenvalue weighted by atomic mass is 10.3. The molecule has 1 N–H and O–H groups in total. The maximum absolute atomic E-state index is 4.77. The van der Waals surface area contributed by atoms with Crippen LogP contribution in [-0.4, -0.2) is 73.1 Å². The zero-order chi connectivity index (χ0) is 14.1. The summed E-state index contributed by atoms with van der Waals surface area (Å²) in [7, 11) is 2.15. The van der Waals surface area contributed by atoms with E-state index < -0.39 is 0 Å². The summed E-state index contributed by atoms with van der Waals surface area (Å²) in [5.41, 5.74) is 0. The fourth-order valence-corrected chi connectivity index (χ4v) is 3.25. The van der Waals surface area contributed by atoms with Crippen molar-refractivity contribution in [3.8, 4) is 0 Å². The topological polar surface area (TPSA) is 30.9 Å². The van der Waals surface area contributed by atoms with E-state index in [9.17, 15) is 0 Å². The minimum atomic E-state index is 0. The smallest absolute Gasteiger partial charge is 0.194 e. The summed E-state index contributed by atoms with van der Waals surface area (Å²) >= 11 is 2.10. The lowest BCUT2D eigenvalue weighted by Gasteiger charge is -2.34. The Morgan fingerprint density at radius 3 is 2.75 bits per heavy atom. The molecule has 1 heterocycles. The fraction of sp³-hybridized carbons (Fsp3) is 0.929. The minimum Gasteiger partial charge on any atom is -0.357 e. The van der Waals surface area contributed by atoms with E-state index >= 15 is 0 Å². The van der Waals surface area contributed by atoms with Gasteiger partial charge in [-0.05, 0) is 26.9 Å². The summed E-state index contributed by atoms with van der Waals surface area (Å²) in [6.45, 7) is 12.8. The Kier molecular flexibility index (Phi) is 12.1. The lowest BCUT2D eigenvalue weighted by Crippen LogP contribution is -2.48. The second-order valence-electron chi connectivity index (χ2n) is 4.98. The molecule has 120 valence electrons. The van der Waals surface area contributed by atoms with Crippen molar-refractivity contribution < 1.29 is 0 Å². The van der Waals surface area contributed by atoms with Gasteiger partial charge in [0.2, 0.25) is 0 Å². The van der Waals surface area contributed by atoms with Crippen LogP contribution in [0.5, 0.6) is 0 Å². The molecule has 1 aliphatic rings. The molecule has 4 nitrogen and oxygen atoms in total. The van der Waals surface area contributed by atoms with Crippen LogP contribution in [0.25, 0.3) is 0 Å². The van der Waals surface area contributed by atoms with Crippen molar-refractivity contribution in [1.82, 2.24) is 15.1 Å². The Labute approximate surface area is 146 Å². The minimum absolute atomic E-state index is 0. The van der Waals surface area contributed by atoms with Crippen LogP contribution in [0.1, 0.15) is 27.2 Å². The summed E-state index contributed by atoms with van der Waals surface area (Å²) in [5, 5.41) is 4.20. The number of thioether (sulfide) groups is 1. The van der Waals surface area contributed by atoms with Gasteiger partial charge >= 0.3 is 0 Å². The van der Waals surface area contributed by atoms with Gasteiger partial charge in [0.25, 0.3) is 0 Å². The van der Waals surface area contributed by atoms with E-state index in [4.69, 9.17) is 4.99 Å². The molecule has 0 amide bonds. The van der Waals surface area contributed by atoms with Crippen LogP contribution in [0.2, 0.25) is 0 Å². The molecule has 0 aromatic carbocycles. The Balaban J connectivity index is 0.00000361. The molecule has 1 fully saturated rings.